The van der Waals surface area contributed by atoms with Crippen LogP contribution in [0.2, 0.25) is 0 Å². The first kappa shape index (κ1) is 20.7. The Labute approximate surface area is 154 Å². The molecule has 2 aromatic carbocycles. The van der Waals surface area contributed by atoms with Gasteiger partial charge in [0.2, 0.25) is 0 Å². The summed E-state index contributed by atoms with van der Waals surface area (Å²) in [6.45, 7) is 0. The Hall–Kier alpha value is -1.61. The molecule has 0 saturated carbocycles. The molecule has 0 atom stereocenters. The fourth-order valence-electron chi connectivity index (χ4n) is 1.90. The second-order valence-electron chi connectivity index (χ2n) is 5.19. The van der Waals surface area contributed by atoms with Crippen molar-refractivity contribution in [3.05, 3.63) is 59.7 Å². The Kier molecular flexibility index (Phi) is 6.68. The number of rotatable bonds is 6. The van der Waals surface area contributed by atoms with Gasteiger partial charge in [0.1, 0.15) is 0 Å². The van der Waals surface area contributed by atoms with Gasteiger partial charge in [0.15, 0.2) is 5.78 Å². The van der Waals surface area contributed by atoms with E-state index >= 15 is 0 Å². The smallest absolute Gasteiger partial charge is 0.289 e. The predicted molar refractivity (Wildman–Crippen MR) is 89.9 cm³/mol. The van der Waals surface area contributed by atoms with Gasteiger partial charge in [0, 0.05) is 20.9 Å². The lowest BCUT2D eigenvalue weighted by Gasteiger charge is -2.08. The molecular weight excluding hydrogens is 398 g/mol. The van der Waals surface area contributed by atoms with Crippen molar-refractivity contribution >= 4 is 29.3 Å². The van der Waals surface area contributed by atoms with Crippen LogP contribution >= 0.6 is 23.5 Å². The van der Waals surface area contributed by atoms with Crippen LogP contribution in [0.15, 0.2) is 58.3 Å². The highest BCUT2D eigenvalue weighted by Crippen LogP contribution is 2.29. The first-order valence-corrected chi connectivity index (χ1v) is 9.14. The lowest BCUT2D eigenvalue weighted by Crippen LogP contribution is -2.10. The maximum atomic E-state index is 12.3. The number of carbonyl (C=O) groups excluding carboxylic acids is 1. The zero-order valence-electron chi connectivity index (χ0n) is 13.0. The molecule has 0 aromatic heterocycles. The molecule has 140 valence electrons. The van der Waals surface area contributed by atoms with Crippen molar-refractivity contribution < 1.29 is 31.1 Å². The van der Waals surface area contributed by atoms with Crippen molar-refractivity contribution in [2.45, 2.75) is 22.1 Å². The molecule has 9 heteroatoms. The topological polar surface area (TPSA) is 17.1 Å². The van der Waals surface area contributed by atoms with E-state index in [-0.39, 0.29) is 16.9 Å². The third-order valence-corrected chi connectivity index (χ3v) is 5.19. The second-order valence-corrected chi connectivity index (χ2v) is 7.28. The monoisotopic (exact) mass is 410 g/mol. The highest BCUT2D eigenvalue weighted by molar-refractivity contribution is 7.99. The molecule has 0 amide bonds. The molecule has 0 unspecified atom stereocenters. The van der Waals surface area contributed by atoms with Crippen LogP contribution in [0.25, 0.3) is 0 Å². The fraction of sp³-hybridized carbons (Fsp3) is 0.235. The predicted octanol–water partition coefficient (Wildman–Crippen LogP) is 6.23. The van der Waals surface area contributed by atoms with Gasteiger partial charge < -0.3 is 0 Å². The molecule has 1 nitrogen and oxygen atoms in total. The van der Waals surface area contributed by atoms with E-state index in [1.54, 1.807) is 0 Å². The molecule has 2 aromatic rings. The van der Waals surface area contributed by atoms with Crippen LogP contribution in [0.3, 0.4) is 0 Å². The van der Waals surface area contributed by atoms with Crippen LogP contribution in [-0.4, -0.2) is 29.6 Å². The third kappa shape index (κ3) is 6.95. The first-order chi connectivity index (χ1) is 12.0. The quantitative estimate of drug-likeness (QED) is 0.319. The normalized spacial score (nSPS) is 12.2. The molecule has 0 N–H and O–H groups in total. The van der Waals surface area contributed by atoms with Crippen molar-refractivity contribution in [2.24, 2.45) is 0 Å². The largest absolute Gasteiger partial charge is 0.398 e. The summed E-state index contributed by atoms with van der Waals surface area (Å²) in [6, 6.07) is 11.4. The van der Waals surface area contributed by atoms with Crippen molar-refractivity contribution in [1.82, 2.24) is 0 Å². The van der Waals surface area contributed by atoms with Gasteiger partial charge in [-0.2, -0.15) is 26.3 Å². The van der Waals surface area contributed by atoms with Gasteiger partial charge in [-0.3, -0.25) is 4.79 Å². The van der Waals surface area contributed by atoms with Crippen LogP contribution in [0, 0.1) is 0 Å². The Morgan fingerprint density at radius 2 is 0.962 bits per heavy atom. The molecule has 2 rings (SSSR count). The Balaban J connectivity index is 2.00. The van der Waals surface area contributed by atoms with Crippen LogP contribution in [0.4, 0.5) is 26.3 Å². The highest BCUT2D eigenvalue weighted by atomic mass is 32.2. The fourth-order valence-corrected chi connectivity index (χ4v) is 3.22. The molecule has 0 bridgehead atoms. The number of alkyl halides is 6. The lowest BCUT2D eigenvalue weighted by molar-refractivity contribution is -0.106. The van der Waals surface area contributed by atoms with Gasteiger partial charge in [-0.25, -0.2) is 0 Å². The van der Waals surface area contributed by atoms with Crippen LogP contribution < -0.4 is 0 Å². The summed E-state index contributed by atoms with van der Waals surface area (Å²) in [6.07, 6.45) is -8.55. The summed E-state index contributed by atoms with van der Waals surface area (Å²) >= 11 is 1.24. The minimum Gasteiger partial charge on any atom is -0.289 e. The molecule has 0 aliphatic rings. The number of ketones is 1. The van der Waals surface area contributed by atoms with Gasteiger partial charge in [-0.05, 0) is 48.5 Å². The number of carbonyl (C=O) groups is 1. The van der Waals surface area contributed by atoms with Crippen LogP contribution in [0.1, 0.15) is 15.9 Å². The number of hydrogen-bond acceptors (Lipinski definition) is 3. The number of hydrogen-bond donors (Lipinski definition) is 0. The third-order valence-electron chi connectivity index (χ3n) is 3.04. The highest BCUT2D eigenvalue weighted by Gasteiger charge is 2.28. The average Bonchev–Trinajstić information content (AvgIpc) is 2.57. The number of halogens is 6. The summed E-state index contributed by atoms with van der Waals surface area (Å²) < 4.78 is 73.1. The SMILES string of the molecule is O=C(c1ccc(SCC(F)(F)F)cc1)c1ccc(SCC(F)(F)F)cc1. The van der Waals surface area contributed by atoms with Crippen molar-refractivity contribution in [3.63, 3.8) is 0 Å². The van der Waals surface area contributed by atoms with E-state index in [1.165, 1.54) is 48.5 Å². The first-order valence-electron chi connectivity index (χ1n) is 7.17. The number of benzene rings is 2. The summed E-state index contributed by atoms with van der Waals surface area (Å²) in [5, 5.41) is 0. The van der Waals surface area contributed by atoms with E-state index in [1.807, 2.05) is 0 Å². The molecule has 0 heterocycles. The Bertz CT molecular complexity index is 672. The van der Waals surface area contributed by atoms with Crippen LogP contribution in [-0.2, 0) is 0 Å². The molecule has 0 radical (unpaired) electrons. The van der Waals surface area contributed by atoms with E-state index < -0.39 is 23.9 Å². The van der Waals surface area contributed by atoms with Gasteiger partial charge in [-0.15, -0.1) is 23.5 Å². The molecule has 0 aliphatic carbocycles. The van der Waals surface area contributed by atoms with Crippen molar-refractivity contribution in [3.8, 4) is 0 Å². The van der Waals surface area contributed by atoms with Gasteiger partial charge in [0.05, 0.1) is 11.5 Å². The Morgan fingerprint density at radius 1 is 0.654 bits per heavy atom. The molecule has 0 fully saturated rings. The molecule has 0 spiro atoms. The summed E-state index contributed by atoms with van der Waals surface area (Å²) in [4.78, 5) is 13.1. The van der Waals surface area contributed by atoms with Gasteiger partial charge in [0.25, 0.3) is 0 Å². The summed E-state index contributed by atoms with van der Waals surface area (Å²) in [5.74, 6) is -2.39. The van der Waals surface area contributed by atoms with Crippen molar-refractivity contribution in [2.75, 3.05) is 11.5 Å². The molecule has 0 saturated heterocycles. The maximum Gasteiger partial charge on any atom is 0.398 e. The van der Waals surface area contributed by atoms with E-state index in [4.69, 9.17) is 0 Å². The summed E-state index contributed by atoms with van der Waals surface area (Å²) in [7, 11) is 0. The van der Waals surface area contributed by atoms with Crippen LogP contribution in [0.5, 0.6) is 0 Å². The summed E-state index contributed by atoms with van der Waals surface area (Å²) in [5.41, 5.74) is 0.578. The number of thioether (sulfide) groups is 2. The lowest BCUT2D eigenvalue weighted by atomic mass is 10.0. The van der Waals surface area contributed by atoms with Crippen molar-refractivity contribution in [1.29, 1.82) is 0 Å². The molecule has 0 aliphatic heterocycles. The second kappa shape index (κ2) is 8.39. The van der Waals surface area contributed by atoms with E-state index in [9.17, 15) is 31.1 Å². The minimum atomic E-state index is -4.27. The molecule has 26 heavy (non-hydrogen) atoms. The molecular formula is C17H12F6OS2. The van der Waals surface area contributed by atoms with E-state index in [0.29, 0.717) is 33.3 Å². The van der Waals surface area contributed by atoms with Gasteiger partial charge >= 0.3 is 12.4 Å². The zero-order chi connectivity index (χ0) is 19.4. The standard InChI is InChI=1S/C17H12F6OS2/c18-16(19,20)9-25-13-5-1-11(2-6-13)15(24)12-3-7-14(8-4-12)26-10-17(21,22)23/h1-8H,9-10H2. The van der Waals surface area contributed by atoms with Gasteiger partial charge in [-0.1, -0.05) is 0 Å². The maximum absolute atomic E-state index is 12.3. The van der Waals surface area contributed by atoms with E-state index in [2.05, 4.69) is 0 Å². The minimum absolute atomic E-state index is 0.289. The average molecular weight is 410 g/mol. The zero-order valence-corrected chi connectivity index (χ0v) is 14.7. The Morgan fingerprint density at radius 3 is 1.23 bits per heavy atom. The van der Waals surface area contributed by atoms with E-state index in [0.717, 1.165) is 0 Å².